The normalized spacial score (nSPS) is 15.7. The molecule has 4 nitrogen and oxygen atoms in total. The number of aryl methyl sites for hydroxylation is 1. The first-order chi connectivity index (χ1) is 11.4. The monoisotopic (exact) mass is 337 g/mol. The van der Waals surface area contributed by atoms with Crippen LogP contribution in [0.2, 0.25) is 0 Å². The van der Waals surface area contributed by atoms with E-state index in [-0.39, 0.29) is 23.3 Å². The van der Waals surface area contributed by atoms with Crippen molar-refractivity contribution in [3.63, 3.8) is 0 Å². The second-order valence-electron chi connectivity index (χ2n) is 6.07. The average Bonchev–Trinajstić information content (AvgIpc) is 3.16. The van der Waals surface area contributed by atoms with Gasteiger partial charge in [-0.25, -0.2) is 4.68 Å². The summed E-state index contributed by atoms with van der Waals surface area (Å²) < 4.78 is 40.9. The van der Waals surface area contributed by atoms with Gasteiger partial charge in [0.2, 0.25) is 5.91 Å². The highest BCUT2D eigenvalue weighted by molar-refractivity contribution is 5.92. The summed E-state index contributed by atoms with van der Waals surface area (Å²) in [6.45, 7) is 1.68. The van der Waals surface area contributed by atoms with Crippen molar-refractivity contribution < 1.29 is 18.0 Å². The Bertz CT molecular complexity index is 746. The van der Waals surface area contributed by atoms with Gasteiger partial charge in [-0.2, -0.15) is 18.3 Å². The fraction of sp³-hybridized carbons (Fsp3) is 0.412. The number of hydrogen-bond acceptors (Lipinski definition) is 2. The Labute approximate surface area is 137 Å². The average molecular weight is 337 g/mol. The van der Waals surface area contributed by atoms with Crippen molar-refractivity contribution in [3.05, 3.63) is 41.6 Å². The van der Waals surface area contributed by atoms with E-state index in [2.05, 4.69) is 10.4 Å². The molecule has 1 aromatic heterocycles. The molecule has 2 aromatic rings. The molecule has 1 heterocycles. The quantitative estimate of drug-likeness (QED) is 0.906. The fourth-order valence-corrected chi connectivity index (χ4v) is 3.09. The zero-order valence-corrected chi connectivity index (χ0v) is 13.2. The van der Waals surface area contributed by atoms with E-state index in [4.69, 9.17) is 0 Å². The van der Waals surface area contributed by atoms with Crippen LogP contribution >= 0.6 is 0 Å². The summed E-state index contributed by atoms with van der Waals surface area (Å²) in [5.41, 5.74) is -0.349. The maximum absolute atomic E-state index is 13.3. The summed E-state index contributed by atoms with van der Waals surface area (Å²) >= 11 is 0. The van der Waals surface area contributed by atoms with Gasteiger partial charge >= 0.3 is 6.18 Å². The van der Waals surface area contributed by atoms with E-state index in [9.17, 15) is 18.0 Å². The maximum atomic E-state index is 13.3. The van der Waals surface area contributed by atoms with Crippen molar-refractivity contribution in [2.45, 2.75) is 38.8 Å². The molecule has 0 unspecified atom stereocenters. The van der Waals surface area contributed by atoms with Crippen LogP contribution in [0.3, 0.4) is 0 Å². The molecule has 128 valence electrons. The molecular formula is C17H18F3N3O. The molecule has 0 saturated heterocycles. The Hall–Kier alpha value is -2.31. The SMILES string of the molecule is Cc1cc(NC(=O)C2CCCC2)n(-c2ccccc2C(F)(F)F)n1. The molecule has 1 aliphatic carbocycles. The lowest BCUT2D eigenvalue weighted by atomic mass is 10.1. The fourth-order valence-electron chi connectivity index (χ4n) is 3.09. The second kappa shape index (κ2) is 6.30. The summed E-state index contributed by atoms with van der Waals surface area (Å²) in [5, 5.41) is 6.88. The van der Waals surface area contributed by atoms with Crippen LogP contribution in [-0.4, -0.2) is 15.7 Å². The van der Waals surface area contributed by atoms with Crippen molar-refractivity contribution in [2.75, 3.05) is 5.32 Å². The van der Waals surface area contributed by atoms with E-state index in [1.165, 1.54) is 18.2 Å². The summed E-state index contributed by atoms with van der Waals surface area (Å²) in [6.07, 6.45) is -0.847. The van der Waals surface area contributed by atoms with Gasteiger partial charge in [0.25, 0.3) is 0 Å². The molecule has 1 fully saturated rings. The van der Waals surface area contributed by atoms with E-state index in [0.29, 0.717) is 5.69 Å². The lowest BCUT2D eigenvalue weighted by Gasteiger charge is -2.16. The van der Waals surface area contributed by atoms with Crippen molar-refractivity contribution >= 4 is 11.7 Å². The highest BCUT2D eigenvalue weighted by Crippen LogP contribution is 2.35. The first kappa shape index (κ1) is 16.5. The van der Waals surface area contributed by atoms with Crippen LogP contribution in [0.5, 0.6) is 0 Å². The largest absolute Gasteiger partial charge is 0.418 e. The van der Waals surface area contributed by atoms with Gasteiger partial charge in [-0.1, -0.05) is 25.0 Å². The molecule has 3 rings (SSSR count). The van der Waals surface area contributed by atoms with Gasteiger partial charge < -0.3 is 5.32 Å². The van der Waals surface area contributed by atoms with E-state index in [1.807, 2.05) is 0 Å². The predicted octanol–water partition coefficient (Wildman–Crippen LogP) is 4.33. The number of aromatic nitrogens is 2. The van der Waals surface area contributed by atoms with E-state index in [0.717, 1.165) is 36.4 Å². The molecule has 24 heavy (non-hydrogen) atoms. The standard InChI is InChI=1S/C17H18F3N3O/c1-11-10-15(21-16(24)12-6-2-3-7-12)23(22-11)14-9-5-4-8-13(14)17(18,19)20/h4-5,8-10,12H,2-3,6-7H2,1H3,(H,21,24). The van der Waals surface area contributed by atoms with Crippen LogP contribution in [0.25, 0.3) is 5.69 Å². The first-order valence-corrected chi connectivity index (χ1v) is 7.90. The third kappa shape index (κ3) is 3.29. The van der Waals surface area contributed by atoms with Gasteiger partial charge in [0.05, 0.1) is 16.9 Å². The Morgan fingerprint density at radius 3 is 2.58 bits per heavy atom. The summed E-state index contributed by atoms with van der Waals surface area (Å²) in [6, 6.07) is 6.79. The number of carbonyl (C=O) groups excluding carboxylic acids is 1. The number of amides is 1. The van der Waals surface area contributed by atoms with Crippen LogP contribution < -0.4 is 5.32 Å². The number of nitrogens with zero attached hydrogens (tertiary/aromatic N) is 2. The Morgan fingerprint density at radius 1 is 1.25 bits per heavy atom. The number of halogens is 3. The van der Waals surface area contributed by atoms with Crippen LogP contribution in [0.1, 0.15) is 36.9 Å². The van der Waals surface area contributed by atoms with Crippen LogP contribution in [0, 0.1) is 12.8 Å². The topological polar surface area (TPSA) is 46.9 Å². The molecule has 0 aliphatic heterocycles. The Balaban J connectivity index is 1.97. The van der Waals surface area contributed by atoms with Crippen molar-refractivity contribution in [1.82, 2.24) is 9.78 Å². The highest BCUT2D eigenvalue weighted by Gasteiger charge is 2.34. The number of nitrogens with one attached hydrogen (secondary N) is 1. The van der Waals surface area contributed by atoms with Crippen LogP contribution in [0.15, 0.2) is 30.3 Å². The number of benzene rings is 1. The molecule has 1 amide bonds. The molecule has 1 aromatic carbocycles. The molecule has 1 saturated carbocycles. The third-order valence-electron chi connectivity index (χ3n) is 4.25. The smallest absolute Gasteiger partial charge is 0.310 e. The zero-order valence-electron chi connectivity index (χ0n) is 13.2. The molecular weight excluding hydrogens is 319 g/mol. The lowest BCUT2D eigenvalue weighted by Crippen LogP contribution is -2.22. The van der Waals surface area contributed by atoms with Gasteiger partial charge in [-0.3, -0.25) is 4.79 Å². The van der Waals surface area contributed by atoms with E-state index in [1.54, 1.807) is 13.0 Å². The molecule has 1 aliphatic rings. The van der Waals surface area contributed by atoms with Crippen LogP contribution in [-0.2, 0) is 11.0 Å². The minimum atomic E-state index is -4.50. The molecule has 7 heteroatoms. The summed E-state index contributed by atoms with van der Waals surface area (Å²) in [5.74, 6) is 0.0331. The van der Waals surface area contributed by atoms with Crippen LogP contribution in [0.4, 0.5) is 19.0 Å². The van der Waals surface area contributed by atoms with Gasteiger partial charge in [-0.05, 0) is 31.9 Å². The Kier molecular flexibility index (Phi) is 4.34. The molecule has 0 radical (unpaired) electrons. The number of hydrogen-bond donors (Lipinski definition) is 1. The van der Waals surface area contributed by atoms with Gasteiger partial charge in [0, 0.05) is 12.0 Å². The number of alkyl halides is 3. The van der Waals surface area contributed by atoms with E-state index >= 15 is 0 Å². The number of anilines is 1. The van der Waals surface area contributed by atoms with Crippen molar-refractivity contribution in [2.24, 2.45) is 5.92 Å². The Morgan fingerprint density at radius 2 is 1.92 bits per heavy atom. The van der Waals surface area contributed by atoms with Gasteiger partial charge in [-0.15, -0.1) is 0 Å². The minimum absolute atomic E-state index is 0.0773. The maximum Gasteiger partial charge on any atom is 0.418 e. The van der Waals surface area contributed by atoms with E-state index < -0.39 is 11.7 Å². The first-order valence-electron chi connectivity index (χ1n) is 7.90. The molecule has 0 spiro atoms. The van der Waals surface area contributed by atoms with Crippen molar-refractivity contribution in [3.8, 4) is 5.69 Å². The molecule has 0 bridgehead atoms. The summed E-state index contributed by atoms with van der Waals surface area (Å²) in [7, 11) is 0. The zero-order chi connectivity index (χ0) is 17.3. The lowest BCUT2D eigenvalue weighted by molar-refractivity contribution is -0.137. The molecule has 0 atom stereocenters. The number of para-hydroxylation sites is 1. The number of rotatable bonds is 3. The highest BCUT2D eigenvalue weighted by atomic mass is 19.4. The van der Waals surface area contributed by atoms with Crippen molar-refractivity contribution in [1.29, 1.82) is 0 Å². The van der Waals surface area contributed by atoms with Gasteiger partial charge in [0.15, 0.2) is 0 Å². The third-order valence-corrected chi connectivity index (χ3v) is 4.25. The summed E-state index contributed by atoms with van der Waals surface area (Å²) in [4.78, 5) is 12.3. The molecule has 1 N–H and O–H groups in total. The predicted molar refractivity (Wildman–Crippen MR) is 83.9 cm³/mol. The minimum Gasteiger partial charge on any atom is -0.310 e. The van der Waals surface area contributed by atoms with Gasteiger partial charge in [0.1, 0.15) is 5.82 Å². The second-order valence-corrected chi connectivity index (χ2v) is 6.07. The number of carbonyl (C=O) groups is 1.